The highest BCUT2D eigenvalue weighted by Gasteiger charge is 2.31. The third kappa shape index (κ3) is 7.15. The summed E-state index contributed by atoms with van der Waals surface area (Å²) in [6.07, 6.45) is 6.64. The van der Waals surface area contributed by atoms with E-state index in [0.29, 0.717) is 53.7 Å². The molecule has 2 fully saturated rings. The van der Waals surface area contributed by atoms with Gasteiger partial charge in [-0.25, -0.2) is 14.8 Å². The van der Waals surface area contributed by atoms with Crippen LogP contribution in [0.2, 0.25) is 5.02 Å². The van der Waals surface area contributed by atoms with E-state index in [1.165, 1.54) is 24.6 Å². The van der Waals surface area contributed by atoms with Crippen LogP contribution in [-0.2, 0) is 9.47 Å². The Hall–Kier alpha value is -3.80. The van der Waals surface area contributed by atoms with E-state index in [4.69, 9.17) is 38.0 Å². The zero-order valence-corrected chi connectivity index (χ0v) is 24.5. The summed E-state index contributed by atoms with van der Waals surface area (Å²) < 4.78 is 10.7. The lowest BCUT2D eigenvalue weighted by Gasteiger charge is -2.42. The van der Waals surface area contributed by atoms with Crippen LogP contribution in [0, 0.1) is 17.2 Å². The van der Waals surface area contributed by atoms with E-state index in [0.717, 1.165) is 25.9 Å². The predicted octanol–water partition coefficient (Wildman–Crippen LogP) is 4.86. The third-order valence-electron chi connectivity index (χ3n) is 8.00. The maximum absolute atomic E-state index is 11.4. The van der Waals surface area contributed by atoms with Gasteiger partial charge in [0.2, 0.25) is 5.82 Å². The van der Waals surface area contributed by atoms with Gasteiger partial charge in [-0.2, -0.15) is 0 Å². The Balaban J connectivity index is 1.59. The molecule has 1 atom stereocenters. The number of nitrogens with one attached hydrogen (secondary N) is 1. The van der Waals surface area contributed by atoms with Crippen LogP contribution < -0.4 is 16.4 Å². The molecule has 1 aliphatic heterocycles. The van der Waals surface area contributed by atoms with Crippen molar-refractivity contribution in [3.05, 3.63) is 65.2 Å². The first-order valence-electron chi connectivity index (χ1n) is 14.2. The van der Waals surface area contributed by atoms with Crippen molar-refractivity contribution in [1.29, 1.82) is 5.41 Å². The molecule has 12 heteroatoms. The van der Waals surface area contributed by atoms with Crippen molar-refractivity contribution in [2.75, 3.05) is 43.6 Å². The predicted molar refractivity (Wildman–Crippen MR) is 162 cm³/mol. The van der Waals surface area contributed by atoms with Gasteiger partial charge in [-0.05, 0) is 36.3 Å². The topological polar surface area (TPSA) is 157 Å². The van der Waals surface area contributed by atoms with Gasteiger partial charge in [-0.15, -0.1) is 0 Å². The van der Waals surface area contributed by atoms with Crippen molar-refractivity contribution in [1.82, 2.24) is 19.9 Å². The second-order valence-electron chi connectivity index (χ2n) is 11.1. The van der Waals surface area contributed by atoms with Gasteiger partial charge in [0.25, 0.3) is 5.90 Å². The molecule has 1 aliphatic carbocycles. The number of halogens is 1. The van der Waals surface area contributed by atoms with Gasteiger partial charge < -0.3 is 25.8 Å². The molecule has 2 aliphatic rings. The van der Waals surface area contributed by atoms with Crippen LogP contribution in [0.5, 0.6) is 0 Å². The molecule has 0 unspecified atom stereocenters. The first-order valence-corrected chi connectivity index (χ1v) is 14.6. The summed E-state index contributed by atoms with van der Waals surface area (Å²) in [6, 6.07) is 12.1. The van der Waals surface area contributed by atoms with Crippen LogP contribution in [0.3, 0.4) is 0 Å². The molecule has 1 amide bonds. The number of nitrogens with zero attached hydrogens (tertiary/aromatic N) is 5. The largest absolute Gasteiger partial charge is 0.411 e. The minimum absolute atomic E-state index is 0.0590. The first-order chi connectivity index (χ1) is 20.3. The van der Waals surface area contributed by atoms with Gasteiger partial charge >= 0.3 is 6.09 Å². The highest BCUT2D eigenvalue weighted by Crippen LogP contribution is 2.38. The van der Waals surface area contributed by atoms with E-state index in [9.17, 15) is 4.79 Å². The third-order valence-corrected chi connectivity index (χ3v) is 8.21. The molecule has 0 radical (unpaired) electrons. The molecule has 2 aromatic heterocycles. The molecule has 42 heavy (non-hydrogen) atoms. The van der Waals surface area contributed by atoms with Crippen LogP contribution in [0.4, 0.5) is 16.3 Å². The summed E-state index contributed by atoms with van der Waals surface area (Å²) in [5, 5.41) is 8.63. The van der Waals surface area contributed by atoms with E-state index < -0.39 is 12.0 Å². The maximum atomic E-state index is 11.4. The number of nitrogens with two attached hydrogens (primary N) is 2. The van der Waals surface area contributed by atoms with E-state index in [1.54, 1.807) is 12.3 Å². The second kappa shape index (κ2) is 13.5. The van der Waals surface area contributed by atoms with E-state index in [2.05, 4.69) is 43.8 Å². The first kappa shape index (κ1) is 29.7. The molecule has 5 rings (SSSR count). The lowest BCUT2D eigenvalue weighted by molar-refractivity contribution is -0.00869. The average molecular weight is 593 g/mol. The van der Waals surface area contributed by atoms with Crippen molar-refractivity contribution in [2.24, 2.45) is 17.6 Å². The molecular weight excluding hydrogens is 556 g/mol. The quantitative estimate of drug-likeness (QED) is 0.245. The van der Waals surface area contributed by atoms with Crippen LogP contribution in [-0.4, -0.2) is 64.8 Å². The van der Waals surface area contributed by atoms with Crippen molar-refractivity contribution in [2.45, 2.75) is 38.6 Å². The van der Waals surface area contributed by atoms with Crippen LogP contribution in [0.15, 0.2) is 48.8 Å². The smallest absolute Gasteiger partial charge is 0.388 e. The number of rotatable bonds is 8. The Labute approximate surface area is 250 Å². The molecule has 0 spiro atoms. The molecule has 1 saturated heterocycles. The number of hydrogen-bond donors (Lipinski definition) is 3. The van der Waals surface area contributed by atoms with Gasteiger partial charge in [0.05, 0.1) is 30.9 Å². The van der Waals surface area contributed by atoms with E-state index in [-0.39, 0.29) is 17.7 Å². The summed E-state index contributed by atoms with van der Waals surface area (Å²) in [5.74, 6) is 0.570. The number of morpholine rings is 1. The number of carbonyl (C=O) groups excluding carboxylic acids is 1. The number of ether oxygens (including phenoxy) is 2. The van der Waals surface area contributed by atoms with Gasteiger partial charge in [0, 0.05) is 31.0 Å². The van der Waals surface area contributed by atoms with Crippen LogP contribution >= 0.6 is 11.6 Å². The number of nitrogen functional groups attached to an aromatic ring is 1. The summed E-state index contributed by atoms with van der Waals surface area (Å²) in [4.78, 5) is 29.4. The average Bonchev–Trinajstić information content (AvgIpc) is 2.98. The highest BCUT2D eigenvalue weighted by atomic mass is 35.5. The standard InChI is InChI=1S/C30H37ClN8O3/c1-19-7-9-20(10-8-19)16-39(18-38-11-12-41-17-24(38)21-5-3-2-4-6-21)26-25(22-13-23(31)15-35-14-22)36-29(37-27(26)32)28(33)42-30(34)40/h2-6,13-15,19-20,24,33H,7-12,16-18H2,1H3,(H2,34,40)(H2,32,36,37)/t19-,20-,24-/m0/s1. The monoisotopic (exact) mass is 592 g/mol. The lowest BCUT2D eigenvalue weighted by atomic mass is 9.83. The molecule has 1 aromatic carbocycles. The highest BCUT2D eigenvalue weighted by molar-refractivity contribution is 6.30. The van der Waals surface area contributed by atoms with Gasteiger partial charge in [-0.1, -0.05) is 61.7 Å². The van der Waals surface area contributed by atoms with Gasteiger partial charge in [-0.3, -0.25) is 15.3 Å². The molecule has 5 N–H and O–H groups in total. The number of amides is 1. The minimum atomic E-state index is -1.13. The normalized spacial score (nSPS) is 21.0. The molecular formula is C30H37ClN8O3. The molecule has 3 heterocycles. The summed E-state index contributed by atoms with van der Waals surface area (Å²) in [7, 11) is 0. The summed E-state index contributed by atoms with van der Waals surface area (Å²) >= 11 is 6.35. The van der Waals surface area contributed by atoms with Crippen LogP contribution in [0.25, 0.3) is 11.3 Å². The molecule has 222 valence electrons. The SMILES string of the molecule is C[C@H]1CC[C@H](CN(CN2CCOC[C@H]2c2ccccc2)c2c(N)nc(C(=N)OC(N)=O)nc2-c2cncc(Cl)c2)CC1. The second-order valence-corrected chi connectivity index (χ2v) is 11.5. The fourth-order valence-corrected chi connectivity index (χ4v) is 6.00. The molecule has 3 aromatic rings. The van der Waals surface area contributed by atoms with Crippen molar-refractivity contribution >= 4 is 35.1 Å². The number of aromatic nitrogens is 3. The minimum Gasteiger partial charge on any atom is -0.388 e. The summed E-state index contributed by atoms with van der Waals surface area (Å²) in [5.41, 5.74) is 14.7. The molecule has 0 bridgehead atoms. The number of carbonyl (C=O) groups is 1. The Morgan fingerprint density at radius 1 is 1.19 bits per heavy atom. The van der Waals surface area contributed by atoms with Crippen molar-refractivity contribution in [3.8, 4) is 11.3 Å². The lowest BCUT2D eigenvalue weighted by Crippen LogP contribution is -2.48. The van der Waals surface area contributed by atoms with E-state index in [1.807, 2.05) is 18.2 Å². The van der Waals surface area contributed by atoms with E-state index >= 15 is 0 Å². The number of anilines is 2. The Bertz CT molecular complexity index is 1400. The number of hydrogen-bond acceptors (Lipinski definition) is 10. The number of benzene rings is 1. The zero-order chi connectivity index (χ0) is 29.6. The molecule has 11 nitrogen and oxygen atoms in total. The fourth-order valence-electron chi connectivity index (χ4n) is 5.83. The van der Waals surface area contributed by atoms with Crippen LogP contribution in [0.1, 0.15) is 50.0 Å². The van der Waals surface area contributed by atoms with Crippen molar-refractivity contribution in [3.63, 3.8) is 0 Å². The summed E-state index contributed by atoms with van der Waals surface area (Å²) in [6.45, 7) is 5.55. The van der Waals surface area contributed by atoms with Gasteiger partial charge in [0.15, 0.2) is 5.82 Å². The Kier molecular flexibility index (Phi) is 9.51. The Morgan fingerprint density at radius 3 is 2.67 bits per heavy atom. The fraction of sp³-hybridized carbons (Fsp3) is 0.433. The Morgan fingerprint density at radius 2 is 1.95 bits per heavy atom. The maximum Gasteiger partial charge on any atom is 0.411 e. The van der Waals surface area contributed by atoms with Gasteiger partial charge in [0.1, 0.15) is 11.4 Å². The van der Waals surface area contributed by atoms with Crippen molar-refractivity contribution < 1.29 is 14.3 Å². The number of primary amides is 1. The zero-order valence-electron chi connectivity index (χ0n) is 23.7. The molecule has 1 saturated carbocycles. The number of pyridine rings is 1.